The molecule has 1 saturated carbocycles. The van der Waals surface area contributed by atoms with Crippen molar-refractivity contribution in [3.63, 3.8) is 0 Å². The lowest BCUT2D eigenvalue weighted by Gasteiger charge is -2.44. The third kappa shape index (κ3) is 2.69. The van der Waals surface area contributed by atoms with Gasteiger partial charge in [-0.1, -0.05) is 19.3 Å². The summed E-state index contributed by atoms with van der Waals surface area (Å²) >= 11 is 0. The first-order valence-electron chi connectivity index (χ1n) is 7.84. The lowest BCUT2D eigenvalue weighted by atomic mass is 9.68. The zero-order chi connectivity index (χ0) is 14.9. The summed E-state index contributed by atoms with van der Waals surface area (Å²) in [5, 5.41) is 9.16. The molecule has 0 radical (unpaired) electrons. The lowest BCUT2D eigenvalue weighted by molar-refractivity contribution is 0.0698. The Morgan fingerprint density at radius 3 is 2.48 bits per heavy atom. The summed E-state index contributed by atoms with van der Waals surface area (Å²) < 4.78 is 0. The number of hydrogen-bond acceptors (Lipinski definition) is 4. The molecule has 0 aromatic carbocycles. The van der Waals surface area contributed by atoms with Crippen LogP contribution < -0.4 is 10.6 Å². The molecule has 0 unspecified atom stereocenters. The second-order valence-electron chi connectivity index (χ2n) is 6.45. The zero-order valence-corrected chi connectivity index (χ0v) is 12.3. The molecule has 1 saturated heterocycles. The second-order valence-corrected chi connectivity index (χ2v) is 6.45. The Balaban J connectivity index is 1.75. The van der Waals surface area contributed by atoms with Crippen LogP contribution in [-0.4, -0.2) is 29.1 Å². The number of aromatic nitrogens is 1. The highest BCUT2D eigenvalue weighted by Gasteiger charge is 2.36. The van der Waals surface area contributed by atoms with E-state index in [1.165, 1.54) is 51.0 Å². The van der Waals surface area contributed by atoms with Crippen molar-refractivity contribution in [3.8, 4) is 0 Å². The first-order valence-corrected chi connectivity index (χ1v) is 7.84. The molecule has 2 aliphatic rings. The standard InChI is InChI=1S/C16H23N3O2/c17-13-12(15(20)21)4-9-18-14(13)19-10-7-16(8-11-19)5-2-1-3-6-16/h4,9H,1-3,5-8,10-11,17H2,(H,20,21). The molecule has 2 fully saturated rings. The van der Waals surface area contributed by atoms with Gasteiger partial charge in [0.2, 0.25) is 0 Å². The van der Waals surface area contributed by atoms with Crippen LogP contribution in [0.5, 0.6) is 0 Å². The highest BCUT2D eigenvalue weighted by atomic mass is 16.4. The summed E-state index contributed by atoms with van der Waals surface area (Å²) in [6.45, 7) is 1.86. The fourth-order valence-corrected chi connectivity index (χ4v) is 3.90. The van der Waals surface area contributed by atoms with Gasteiger partial charge in [-0.3, -0.25) is 0 Å². The molecule has 0 amide bonds. The molecule has 21 heavy (non-hydrogen) atoms. The number of carboxylic acid groups (broad SMARTS) is 1. The molecular formula is C16H23N3O2. The minimum atomic E-state index is -0.989. The number of aromatic carboxylic acids is 1. The van der Waals surface area contributed by atoms with Gasteiger partial charge in [0.05, 0.1) is 11.3 Å². The maximum Gasteiger partial charge on any atom is 0.337 e. The number of piperidine rings is 1. The van der Waals surface area contributed by atoms with Gasteiger partial charge in [-0.05, 0) is 37.2 Å². The molecule has 1 aromatic heterocycles. The summed E-state index contributed by atoms with van der Waals surface area (Å²) in [5.74, 6) is -0.350. The number of nitrogen functional groups attached to an aromatic ring is 1. The quantitative estimate of drug-likeness (QED) is 0.875. The predicted octanol–water partition coefficient (Wildman–Crippen LogP) is 2.91. The van der Waals surface area contributed by atoms with Crippen LogP contribution in [0.4, 0.5) is 11.5 Å². The molecule has 3 rings (SSSR count). The summed E-state index contributed by atoms with van der Waals surface area (Å²) in [4.78, 5) is 17.6. The van der Waals surface area contributed by atoms with Crippen LogP contribution in [-0.2, 0) is 0 Å². The fraction of sp³-hybridized carbons (Fsp3) is 0.625. The maximum atomic E-state index is 11.2. The maximum absolute atomic E-state index is 11.2. The van der Waals surface area contributed by atoms with Crippen LogP contribution in [0, 0.1) is 5.41 Å². The van der Waals surface area contributed by atoms with Crippen molar-refractivity contribution >= 4 is 17.5 Å². The van der Waals surface area contributed by atoms with Crippen molar-refractivity contribution in [2.75, 3.05) is 23.7 Å². The Morgan fingerprint density at radius 2 is 1.86 bits per heavy atom. The molecule has 1 aromatic rings. The summed E-state index contributed by atoms with van der Waals surface area (Å²) in [7, 11) is 0. The van der Waals surface area contributed by atoms with Crippen LogP contribution in [0.25, 0.3) is 0 Å². The van der Waals surface area contributed by atoms with Gasteiger partial charge < -0.3 is 15.7 Å². The van der Waals surface area contributed by atoms with Crippen molar-refractivity contribution in [1.29, 1.82) is 0 Å². The van der Waals surface area contributed by atoms with E-state index in [-0.39, 0.29) is 5.56 Å². The smallest absolute Gasteiger partial charge is 0.337 e. The van der Waals surface area contributed by atoms with Gasteiger partial charge in [0.1, 0.15) is 0 Å². The molecule has 3 N–H and O–H groups in total. The summed E-state index contributed by atoms with van der Waals surface area (Å²) in [5.41, 5.74) is 6.97. The van der Waals surface area contributed by atoms with Crippen LogP contribution >= 0.6 is 0 Å². The summed E-state index contributed by atoms with van der Waals surface area (Å²) in [6, 6.07) is 1.47. The molecule has 0 bridgehead atoms. The van der Waals surface area contributed by atoms with E-state index in [9.17, 15) is 4.79 Å². The molecular weight excluding hydrogens is 266 g/mol. The zero-order valence-electron chi connectivity index (χ0n) is 12.3. The molecule has 1 aliphatic heterocycles. The largest absolute Gasteiger partial charge is 0.478 e. The topological polar surface area (TPSA) is 79.5 Å². The van der Waals surface area contributed by atoms with Gasteiger partial charge in [-0.25, -0.2) is 9.78 Å². The minimum absolute atomic E-state index is 0.151. The number of carboxylic acids is 1. The van der Waals surface area contributed by atoms with E-state index in [2.05, 4.69) is 9.88 Å². The average molecular weight is 289 g/mol. The Hall–Kier alpha value is -1.78. The summed E-state index contributed by atoms with van der Waals surface area (Å²) in [6.07, 6.45) is 10.7. The van der Waals surface area contributed by atoms with Gasteiger partial charge in [0.15, 0.2) is 5.82 Å². The van der Waals surface area contributed by atoms with Gasteiger partial charge in [-0.15, -0.1) is 0 Å². The molecule has 2 heterocycles. The monoisotopic (exact) mass is 289 g/mol. The number of hydrogen-bond donors (Lipinski definition) is 2. The number of carbonyl (C=O) groups is 1. The molecule has 5 heteroatoms. The predicted molar refractivity (Wildman–Crippen MR) is 82.6 cm³/mol. The first kappa shape index (κ1) is 14.2. The van der Waals surface area contributed by atoms with Crippen LogP contribution in [0.2, 0.25) is 0 Å². The van der Waals surface area contributed by atoms with E-state index in [0.29, 0.717) is 16.9 Å². The number of pyridine rings is 1. The molecule has 1 spiro atoms. The van der Waals surface area contributed by atoms with Gasteiger partial charge in [0.25, 0.3) is 0 Å². The number of rotatable bonds is 2. The Morgan fingerprint density at radius 1 is 1.19 bits per heavy atom. The Labute approximate surface area is 125 Å². The van der Waals surface area contributed by atoms with E-state index in [1.54, 1.807) is 6.20 Å². The Kier molecular flexibility index (Phi) is 3.74. The third-order valence-corrected chi connectivity index (χ3v) is 5.24. The minimum Gasteiger partial charge on any atom is -0.478 e. The van der Waals surface area contributed by atoms with E-state index in [4.69, 9.17) is 10.8 Å². The Bertz CT molecular complexity index is 528. The number of anilines is 2. The average Bonchev–Trinajstić information content (AvgIpc) is 2.49. The van der Waals surface area contributed by atoms with E-state index in [0.717, 1.165) is 13.1 Å². The highest BCUT2D eigenvalue weighted by Crippen LogP contribution is 2.45. The number of nitrogens with two attached hydrogens (primary N) is 1. The van der Waals surface area contributed by atoms with Crippen LogP contribution in [0.3, 0.4) is 0 Å². The van der Waals surface area contributed by atoms with Crippen molar-refractivity contribution < 1.29 is 9.90 Å². The lowest BCUT2D eigenvalue weighted by Crippen LogP contribution is -2.41. The second kappa shape index (κ2) is 5.54. The SMILES string of the molecule is Nc1c(C(=O)O)ccnc1N1CCC2(CCCCC2)CC1. The van der Waals surface area contributed by atoms with E-state index in [1.807, 2.05) is 0 Å². The first-order chi connectivity index (χ1) is 10.1. The van der Waals surface area contributed by atoms with Crippen LogP contribution in [0.15, 0.2) is 12.3 Å². The highest BCUT2D eigenvalue weighted by molar-refractivity contribution is 5.96. The van der Waals surface area contributed by atoms with Crippen LogP contribution in [0.1, 0.15) is 55.3 Å². The molecule has 0 atom stereocenters. The van der Waals surface area contributed by atoms with Crippen molar-refractivity contribution in [2.24, 2.45) is 5.41 Å². The number of nitrogens with zero attached hydrogens (tertiary/aromatic N) is 2. The third-order valence-electron chi connectivity index (χ3n) is 5.24. The van der Waals surface area contributed by atoms with E-state index >= 15 is 0 Å². The normalized spacial score (nSPS) is 21.4. The van der Waals surface area contributed by atoms with Gasteiger partial charge in [-0.2, -0.15) is 0 Å². The van der Waals surface area contributed by atoms with Gasteiger partial charge >= 0.3 is 5.97 Å². The van der Waals surface area contributed by atoms with Crippen molar-refractivity contribution in [1.82, 2.24) is 4.98 Å². The fourth-order valence-electron chi connectivity index (χ4n) is 3.90. The van der Waals surface area contributed by atoms with Crippen molar-refractivity contribution in [3.05, 3.63) is 17.8 Å². The molecule has 5 nitrogen and oxygen atoms in total. The van der Waals surface area contributed by atoms with Crippen molar-refractivity contribution in [2.45, 2.75) is 44.9 Å². The van der Waals surface area contributed by atoms with Gasteiger partial charge in [0, 0.05) is 19.3 Å². The molecule has 114 valence electrons. The van der Waals surface area contributed by atoms with E-state index < -0.39 is 5.97 Å². The molecule has 1 aliphatic carbocycles.